The zero-order chi connectivity index (χ0) is 24.5. The van der Waals surface area contributed by atoms with Crippen LogP contribution in [0.1, 0.15) is 54.6 Å². The number of para-hydroxylation sites is 1. The molecular formula is C27H39N5O2. The molecule has 0 saturated carbocycles. The minimum absolute atomic E-state index is 0.105. The summed E-state index contributed by atoms with van der Waals surface area (Å²) >= 11 is 0. The SMILES string of the molecule is CCN(CC)CCNC(=O)c1cc(NC(=O)Nc2c(C)cccc2C)ccc1N1CCCCC1. The van der Waals surface area contributed by atoms with Gasteiger partial charge in [-0.25, -0.2) is 4.79 Å². The summed E-state index contributed by atoms with van der Waals surface area (Å²) in [6.07, 6.45) is 3.47. The summed E-state index contributed by atoms with van der Waals surface area (Å²) in [6.45, 7) is 13.4. The van der Waals surface area contributed by atoms with Gasteiger partial charge in [-0.3, -0.25) is 4.79 Å². The third-order valence-corrected chi connectivity index (χ3v) is 6.52. The molecule has 0 bridgehead atoms. The van der Waals surface area contributed by atoms with Gasteiger partial charge in [0.15, 0.2) is 0 Å². The van der Waals surface area contributed by atoms with E-state index in [1.54, 1.807) is 6.07 Å². The maximum absolute atomic E-state index is 13.2. The lowest BCUT2D eigenvalue weighted by Crippen LogP contribution is -2.36. The number of urea groups is 1. The predicted molar refractivity (Wildman–Crippen MR) is 141 cm³/mol. The second-order valence-electron chi connectivity index (χ2n) is 8.91. The van der Waals surface area contributed by atoms with Crippen LogP contribution in [0, 0.1) is 13.8 Å². The van der Waals surface area contributed by atoms with Crippen LogP contribution >= 0.6 is 0 Å². The molecule has 2 aromatic carbocycles. The molecular weight excluding hydrogens is 426 g/mol. The molecule has 1 saturated heterocycles. The standard InChI is InChI=1S/C27H39N5O2/c1-5-31(6-2)18-15-28-26(33)23-19-22(13-14-24(23)32-16-8-7-9-17-32)29-27(34)30-25-20(3)11-10-12-21(25)4/h10-14,19H,5-9,15-18H2,1-4H3,(H,28,33)(H2,29,30,34). The van der Waals surface area contributed by atoms with Crippen LogP contribution in [0.3, 0.4) is 0 Å². The second kappa shape index (κ2) is 12.4. The van der Waals surface area contributed by atoms with Crippen LogP contribution in [-0.4, -0.2) is 56.1 Å². The van der Waals surface area contributed by atoms with Crippen molar-refractivity contribution in [3.8, 4) is 0 Å². The van der Waals surface area contributed by atoms with Crippen molar-refractivity contribution in [2.24, 2.45) is 0 Å². The number of carbonyl (C=O) groups excluding carboxylic acids is 2. The van der Waals surface area contributed by atoms with E-state index in [2.05, 4.69) is 39.6 Å². The summed E-state index contributed by atoms with van der Waals surface area (Å²) in [7, 11) is 0. The third-order valence-electron chi connectivity index (χ3n) is 6.52. The zero-order valence-corrected chi connectivity index (χ0v) is 21.0. The number of nitrogens with one attached hydrogen (secondary N) is 3. The number of benzene rings is 2. The fourth-order valence-electron chi connectivity index (χ4n) is 4.46. The fourth-order valence-corrected chi connectivity index (χ4v) is 4.46. The highest BCUT2D eigenvalue weighted by Gasteiger charge is 2.20. The Balaban J connectivity index is 1.76. The number of carbonyl (C=O) groups is 2. The molecule has 1 aliphatic rings. The van der Waals surface area contributed by atoms with Crippen LogP contribution in [0.5, 0.6) is 0 Å². The molecule has 184 valence electrons. The molecule has 7 heteroatoms. The largest absolute Gasteiger partial charge is 0.371 e. The quantitative estimate of drug-likeness (QED) is 0.487. The first-order valence-corrected chi connectivity index (χ1v) is 12.5. The Bertz CT molecular complexity index is 961. The minimum Gasteiger partial charge on any atom is -0.371 e. The number of nitrogens with zero attached hydrogens (tertiary/aromatic N) is 2. The summed E-state index contributed by atoms with van der Waals surface area (Å²) < 4.78 is 0. The highest BCUT2D eigenvalue weighted by Crippen LogP contribution is 2.28. The highest BCUT2D eigenvalue weighted by atomic mass is 16.2. The van der Waals surface area contributed by atoms with Gasteiger partial charge in [-0.2, -0.15) is 0 Å². The van der Waals surface area contributed by atoms with Crippen LogP contribution in [0.4, 0.5) is 21.9 Å². The van der Waals surface area contributed by atoms with Gasteiger partial charge in [0.1, 0.15) is 0 Å². The van der Waals surface area contributed by atoms with Gasteiger partial charge in [0.2, 0.25) is 0 Å². The van der Waals surface area contributed by atoms with E-state index in [4.69, 9.17) is 0 Å². The highest BCUT2D eigenvalue weighted by molar-refractivity contribution is 6.04. The molecule has 0 spiro atoms. The molecule has 0 aromatic heterocycles. The molecule has 0 radical (unpaired) electrons. The monoisotopic (exact) mass is 465 g/mol. The number of hydrogen-bond acceptors (Lipinski definition) is 4. The van der Waals surface area contributed by atoms with Gasteiger partial charge in [0, 0.05) is 43.2 Å². The Kier molecular flexibility index (Phi) is 9.33. The Morgan fingerprint density at radius 1 is 0.941 bits per heavy atom. The molecule has 1 aliphatic heterocycles. The summed E-state index contributed by atoms with van der Waals surface area (Å²) in [5, 5.41) is 8.93. The summed E-state index contributed by atoms with van der Waals surface area (Å²) in [5.41, 5.74) is 4.94. The molecule has 7 nitrogen and oxygen atoms in total. The van der Waals surface area contributed by atoms with Crippen molar-refractivity contribution in [3.63, 3.8) is 0 Å². The number of hydrogen-bond donors (Lipinski definition) is 3. The fraction of sp³-hybridized carbons (Fsp3) is 0.481. The Hall–Kier alpha value is -3.06. The van der Waals surface area contributed by atoms with Gasteiger partial charge in [-0.05, 0) is 75.5 Å². The summed E-state index contributed by atoms with van der Waals surface area (Å²) in [4.78, 5) is 30.5. The van der Waals surface area contributed by atoms with E-state index in [9.17, 15) is 9.59 Å². The molecule has 3 rings (SSSR count). The maximum atomic E-state index is 13.2. The van der Waals surface area contributed by atoms with E-state index in [1.165, 1.54) is 6.42 Å². The van der Waals surface area contributed by atoms with Crippen molar-refractivity contribution in [1.29, 1.82) is 0 Å². The van der Waals surface area contributed by atoms with Gasteiger partial charge in [-0.15, -0.1) is 0 Å². The molecule has 3 amide bonds. The first-order valence-electron chi connectivity index (χ1n) is 12.5. The van der Waals surface area contributed by atoms with Gasteiger partial charge in [0.25, 0.3) is 5.91 Å². The molecule has 1 heterocycles. The topological polar surface area (TPSA) is 76.7 Å². The second-order valence-corrected chi connectivity index (χ2v) is 8.91. The predicted octanol–water partition coefficient (Wildman–Crippen LogP) is 5.01. The van der Waals surface area contributed by atoms with Gasteiger partial charge < -0.3 is 25.8 Å². The van der Waals surface area contributed by atoms with E-state index in [1.807, 2.05) is 44.2 Å². The van der Waals surface area contributed by atoms with E-state index < -0.39 is 0 Å². The van der Waals surface area contributed by atoms with Crippen molar-refractivity contribution >= 4 is 29.0 Å². The lowest BCUT2D eigenvalue weighted by Gasteiger charge is -2.30. The molecule has 2 aromatic rings. The van der Waals surface area contributed by atoms with Gasteiger partial charge in [-0.1, -0.05) is 32.0 Å². The van der Waals surface area contributed by atoms with Crippen LogP contribution in [0.2, 0.25) is 0 Å². The number of amides is 3. The Morgan fingerprint density at radius 3 is 2.26 bits per heavy atom. The van der Waals surface area contributed by atoms with Crippen LogP contribution < -0.4 is 20.9 Å². The van der Waals surface area contributed by atoms with E-state index in [0.717, 1.165) is 68.1 Å². The average molecular weight is 466 g/mol. The van der Waals surface area contributed by atoms with Crippen LogP contribution in [0.25, 0.3) is 0 Å². The average Bonchev–Trinajstić information content (AvgIpc) is 2.84. The number of rotatable bonds is 9. The summed E-state index contributed by atoms with van der Waals surface area (Å²) in [5.74, 6) is -0.105. The first-order chi connectivity index (χ1) is 16.4. The minimum atomic E-state index is -0.323. The number of piperidine rings is 1. The van der Waals surface area contributed by atoms with Crippen molar-refractivity contribution in [1.82, 2.24) is 10.2 Å². The van der Waals surface area contributed by atoms with Crippen LogP contribution in [-0.2, 0) is 0 Å². The van der Waals surface area contributed by atoms with Crippen LogP contribution in [0.15, 0.2) is 36.4 Å². The Labute approximate surface area is 203 Å². The van der Waals surface area contributed by atoms with Gasteiger partial charge >= 0.3 is 6.03 Å². The van der Waals surface area contributed by atoms with E-state index in [0.29, 0.717) is 17.8 Å². The number of anilines is 3. The van der Waals surface area contributed by atoms with Crippen molar-refractivity contribution in [2.75, 3.05) is 54.8 Å². The van der Waals surface area contributed by atoms with E-state index in [-0.39, 0.29) is 11.9 Å². The maximum Gasteiger partial charge on any atom is 0.323 e. The lowest BCUT2D eigenvalue weighted by atomic mass is 10.1. The molecule has 34 heavy (non-hydrogen) atoms. The smallest absolute Gasteiger partial charge is 0.323 e. The number of likely N-dealkylation sites (N-methyl/N-ethyl adjacent to an activating group) is 1. The lowest BCUT2D eigenvalue weighted by molar-refractivity contribution is 0.0949. The summed E-state index contributed by atoms with van der Waals surface area (Å²) in [6, 6.07) is 11.2. The molecule has 3 N–H and O–H groups in total. The van der Waals surface area contributed by atoms with E-state index >= 15 is 0 Å². The molecule has 0 atom stereocenters. The Morgan fingerprint density at radius 2 is 1.62 bits per heavy atom. The molecule has 0 aliphatic carbocycles. The first kappa shape index (κ1) is 25.6. The number of aryl methyl sites for hydroxylation is 2. The zero-order valence-electron chi connectivity index (χ0n) is 21.0. The molecule has 0 unspecified atom stereocenters. The molecule has 1 fully saturated rings. The van der Waals surface area contributed by atoms with Crippen molar-refractivity contribution in [3.05, 3.63) is 53.1 Å². The van der Waals surface area contributed by atoms with Crippen molar-refractivity contribution in [2.45, 2.75) is 47.0 Å². The third kappa shape index (κ3) is 6.73. The van der Waals surface area contributed by atoms with Crippen molar-refractivity contribution < 1.29 is 9.59 Å². The van der Waals surface area contributed by atoms with Gasteiger partial charge in [0.05, 0.1) is 5.56 Å². The normalized spacial score (nSPS) is 13.6.